The largest absolute Gasteiger partial charge is 0.444 e. The van der Waals surface area contributed by atoms with Crippen LogP contribution in [0.5, 0.6) is 0 Å². The first-order valence-electron chi connectivity index (χ1n) is 12.8. The maximum Gasteiger partial charge on any atom is 0.410 e. The number of rotatable bonds is 9. The summed E-state index contributed by atoms with van der Waals surface area (Å²) in [6.07, 6.45) is 0.802. The summed E-state index contributed by atoms with van der Waals surface area (Å²) in [7, 11) is -3.55. The summed E-state index contributed by atoms with van der Waals surface area (Å²) in [4.78, 5) is 63.5. The van der Waals surface area contributed by atoms with Gasteiger partial charge in [0.2, 0.25) is 21.8 Å². The van der Waals surface area contributed by atoms with Gasteiger partial charge in [0.25, 0.3) is 11.8 Å². The molecule has 4 rings (SSSR count). The maximum atomic E-state index is 12.9. The number of nitrogens with one attached hydrogen (secondary N) is 3. The number of amides is 5. The molecule has 39 heavy (non-hydrogen) atoms. The fourth-order valence-corrected chi connectivity index (χ4v) is 5.92. The van der Waals surface area contributed by atoms with Gasteiger partial charge in [0.1, 0.15) is 16.9 Å². The van der Waals surface area contributed by atoms with Crippen LogP contribution in [0.3, 0.4) is 0 Å². The van der Waals surface area contributed by atoms with E-state index < -0.39 is 56.6 Å². The summed E-state index contributed by atoms with van der Waals surface area (Å²) < 4.78 is 32.7. The Bertz CT molecular complexity index is 1300. The summed E-state index contributed by atoms with van der Waals surface area (Å²) in [5.41, 5.74) is 0.350. The average molecular weight is 564 g/mol. The zero-order valence-electron chi connectivity index (χ0n) is 22.1. The molecule has 0 radical (unpaired) electrons. The fraction of sp³-hybridized carbons (Fsp3) is 0.560. The number of hydrogen-bond donors (Lipinski definition) is 3. The highest BCUT2D eigenvalue weighted by molar-refractivity contribution is 7.90. The zero-order chi connectivity index (χ0) is 28.5. The molecule has 13 nitrogen and oxygen atoms in total. The van der Waals surface area contributed by atoms with Gasteiger partial charge < -0.3 is 15.0 Å². The highest BCUT2D eigenvalue weighted by Crippen LogP contribution is 2.29. The Kier molecular flexibility index (Phi) is 7.98. The first-order chi connectivity index (χ1) is 18.3. The van der Waals surface area contributed by atoms with Crippen LogP contribution >= 0.6 is 0 Å². The van der Waals surface area contributed by atoms with Crippen molar-refractivity contribution in [1.29, 1.82) is 0 Å². The number of hydrogen-bond acceptors (Lipinski definition) is 9. The van der Waals surface area contributed by atoms with Crippen LogP contribution < -0.4 is 15.4 Å². The van der Waals surface area contributed by atoms with E-state index in [1.165, 1.54) is 11.0 Å². The minimum atomic E-state index is -3.55. The number of likely N-dealkylation sites (tertiary alicyclic amines) is 1. The van der Waals surface area contributed by atoms with Crippen molar-refractivity contribution in [2.75, 3.05) is 31.5 Å². The molecule has 0 bridgehead atoms. The van der Waals surface area contributed by atoms with Crippen molar-refractivity contribution in [3.63, 3.8) is 0 Å². The third kappa shape index (κ3) is 6.38. The number of unbranched alkanes of at least 4 members (excludes halogenated alkanes) is 1. The minimum Gasteiger partial charge on any atom is -0.444 e. The van der Waals surface area contributed by atoms with Crippen LogP contribution in [0.4, 0.5) is 10.5 Å². The number of benzene rings is 1. The van der Waals surface area contributed by atoms with E-state index in [0.29, 0.717) is 25.1 Å². The summed E-state index contributed by atoms with van der Waals surface area (Å²) in [6.45, 7) is 6.16. The standard InChI is InChI=1S/C25H33N5O8S/c1-25(2,3)38-24(35)29-13-16(14-29)39(36,37)27-11-5-4-10-26-15-6-7-17-18(12-15)23(34)30(22(17)33)19-8-9-20(31)28-21(19)32/h6-7,12,16,19,26-27H,4-5,8-11,13-14H2,1-3H3,(H,28,31,32). The van der Waals surface area contributed by atoms with Crippen LogP contribution in [0.15, 0.2) is 18.2 Å². The van der Waals surface area contributed by atoms with E-state index in [9.17, 15) is 32.4 Å². The summed E-state index contributed by atoms with van der Waals surface area (Å²) >= 11 is 0. The lowest BCUT2D eigenvalue weighted by molar-refractivity contribution is -0.136. The molecule has 3 aliphatic rings. The molecular weight excluding hydrogens is 530 g/mol. The van der Waals surface area contributed by atoms with E-state index in [2.05, 4.69) is 15.4 Å². The molecule has 2 fully saturated rings. The molecule has 1 atom stereocenters. The normalized spacial score (nSPS) is 20.0. The Labute approximate surface area is 226 Å². The van der Waals surface area contributed by atoms with Gasteiger partial charge in [0, 0.05) is 38.3 Å². The van der Waals surface area contributed by atoms with Gasteiger partial charge in [-0.3, -0.25) is 29.4 Å². The minimum absolute atomic E-state index is 0.0535. The number of fused-ring (bicyclic) bond motifs is 1. The van der Waals surface area contributed by atoms with Crippen LogP contribution in [-0.4, -0.2) is 91.0 Å². The molecule has 0 saturated carbocycles. The highest BCUT2D eigenvalue weighted by atomic mass is 32.2. The molecule has 3 heterocycles. The zero-order valence-corrected chi connectivity index (χ0v) is 22.9. The number of ether oxygens (including phenoxy) is 1. The van der Waals surface area contributed by atoms with Crippen molar-refractivity contribution in [3.8, 4) is 0 Å². The van der Waals surface area contributed by atoms with Gasteiger partial charge in [-0.25, -0.2) is 17.9 Å². The number of nitrogens with zero attached hydrogens (tertiary/aromatic N) is 2. The van der Waals surface area contributed by atoms with E-state index in [1.54, 1.807) is 32.9 Å². The Morgan fingerprint density at radius 1 is 1.05 bits per heavy atom. The molecule has 14 heteroatoms. The molecule has 3 N–H and O–H groups in total. The van der Waals surface area contributed by atoms with Gasteiger partial charge in [0.15, 0.2) is 0 Å². The molecular formula is C25H33N5O8S. The number of sulfonamides is 1. The topological polar surface area (TPSA) is 171 Å². The van der Waals surface area contributed by atoms with E-state index in [4.69, 9.17) is 4.74 Å². The van der Waals surface area contributed by atoms with Crippen LogP contribution in [0, 0.1) is 0 Å². The van der Waals surface area contributed by atoms with Crippen molar-refractivity contribution in [2.24, 2.45) is 0 Å². The van der Waals surface area contributed by atoms with Gasteiger partial charge in [-0.05, 0) is 58.2 Å². The van der Waals surface area contributed by atoms with Crippen LogP contribution in [0.1, 0.15) is 67.2 Å². The highest BCUT2D eigenvalue weighted by Gasteiger charge is 2.45. The Hall–Kier alpha value is -3.52. The Balaban J connectivity index is 1.19. The molecule has 5 amide bonds. The molecule has 0 aliphatic carbocycles. The van der Waals surface area contributed by atoms with Gasteiger partial charge >= 0.3 is 6.09 Å². The second-order valence-corrected chi connectivity index (χ2v) is 12.8. The van der Waals surface area contributed by atoms with Crippen molar-refractivity contribution >= 4 is 45.4 Å². The van der Waals surface area contributed by atoms with Crippen LogP contribution in [-0.2, 0) is 24.3 Å². The first-order valence-corrected chi connectivity index (χ1v) is 14.4. The van der Waals surface area contributed by atoms with Crippen molar-refractivity contribution < 1.29 is 37.1 Å². The van der Waals surface area contributed by atoms with E-state index in [-0.39, 0.29) is 43.6 Å². The Morgan fingerprint density at radius 3 is 2.38 bits per heavy atom. The summed E-state index contributed by atoms with van der Waals surface area (Å²) in [5.74, 6) is -2.24. The predicted octanol–water partition coefficient (Wildman–Crippen LogP) is 0.819. The number of carbonyl (C=O) groups excluding carboxylic acids is 5. The number of piperidine rings is 1. The number of imide groups is 2. The Morgan fingerprint density at radius 2 is 1.72 bits per heavy atom. The summed E-state index contributed by atoms with van der Waals surface area (Å²) in [5, 5.41) is 4.65. The van der Waals surface area contributed by atoms with Gasteiger partial charge in [0.05, 0.1) is 11.1 Å². The fourth-order valence-electron chi connectivity index (χ4n) is 4.51. The molecule has 1 aromatic rings. The third-order valence-electron chi connectivity index (χ3n) is 6.61. The lowest BCUT2D eigenvalue weighted by Gasteiger charge is -2.39. The van der Waals surface area contributed by atoms with Crippen LogP contribution in [0.25, 0.3) is 0 Å². The molecule has 212 valence electrons. The van der Waals surface area contributed by atoms with Crippen molar-refractivity contribution in [2.45, 2.75) is 63.3 Å². The maximum absolute atomic E-state index is 12.9. The SMILES string of the molecule is CC(C)(C)OC(=O)N1CC(S(=O)(=O)NCCCCNc2ccc3c(c2)C(=O)N(C2CCC(=O)NC2=O)C3=O)C1. The lowest BCUT2D eigenvalue weighted by Crippen LogP contribution is -2.60. The molecule has 0 spiro atoms. The summed E-state index contributed by atoms with van der Waals surface area (Å²) in [6, 6.07) is 3.72. The first kappa shape index (κ1) is 28.5. The second-order valence-electron chi connectivity index (χ2n) is 10.8. The van der Waals surface area contributed by atoms with E-state index in [0.717, 1.165) is 4.90 Å². The number of anilines is 1. The molecule has 1 aromatic carbocycles. The third-order valence-corrected chi connectivity index (χ3v) is 8.40. The van der Waals surface area contributed by atoms with Crippen molar-refractivity contribution in [3.05, 3.63) is 29.3 Å². The van der Waals surface area contributed by atoms with Crippen molar-refractivity contribution in [1.82, 2.24) is 19.8 Å². The van der Waals surface area contributed by atoms with Gasteiger partial charge in [-0.2, -0.15) is 0 Å². The van der Waals surface area contributed by atoms with Gasteiger partial charge in [-0.15, -0.1) is 0 Å². The quantitative estimate of drug-likeness (QED) is 0.291. The molecule has 3 aliphatic heterocycles. The number of carbonyl (C=O) groups is 5. The second kappa shape index (κ2) is 10.9. The monoisotopic (exact) mass is 563 g/mol. The molecule has 1 unspecified atom stereocenters. The molecule has 0 aromatic heterocycles. The predicted molar refractivity (Wildman–Crippen MR) is 139 cm³/mol. The molecule has 2 saturated heterocycles. The van der Waals surface area contributed by atoms with Crippen LogP contribution in [0.2, 0.25) is 0 Å². The smallest absolute Gasteiger partial charge is 0.410 e. The van der Waals surface area contributed by atoms with Gasteiger partial charge in [-0.1, -0.05) is 0 Å². The average Bonchev–Trinajstić information content (AvgIpc) is 3.03. The lowest BCUT2D eigenvalue weighted by atomic mass is 10.0. The van der Waals surface area contributed by atoms with E-state index in [1.807, 2.05) is 0 Å². The van der Waals surface area contributed by atoms with E-state index >= 15 is 0 Å².